The number of hydrogen-bond donors (Lipinski definition) is 2. The smallest absolute Gasteiger partial charge is 0.407 e. The van der Waals surface area contributed by atoms with Gasteiger partial charge in [-0.3, -0.25) is 9.59 Å². The van der Waals surface area contributed by atoms with E-state index < -0.39 is 17.6 Å². The largest absolute Gasteiger partial charge is 0.469 e. The lowest BCUT2D eigenvalue weighted by Crippen LogP contribution is -2.42. The summed E-state index contributed by atoms with van der Waals surface area (Å²) in [5.41, 5.74) is 6.88. The Morgan fingerprint density at radius 3 is 2.25 bits per heavy atom. The number of benzene rings is 1. The number of nitrogens with two attached hydrogens (primary N) is 1. The van der Waals surface area contributed by atoms with Gasteiger partial charge in [-0.1, -0.05) is 30.7 Å². The van der Waals surface area contributed by atoms with Crippen LogP contribution in [0, 0.1) is 0 Å². The fraction of sp³-hybridized carbons (Fsp3) is 0.625. The average molecular weight is 451 g/mol. The van der Waals surface area contributed by atoms with Crippen LogP contribution in [0.4, 0.5) is 4.79 Å². The number of nitrogens with one attached hydrogen (secondary N) is 1. The lowest BCUT2D eigenvalue weighted by Gasteiger charge is -2.23. The Balaban J connectivity index is 2.40. The molecular weight excluding hydrogens is 412 g/mol. The molecule has 1 atom stereocenters. The van der Waals surface area contributed by atoms with Gasteiger partial charge in [0.1, 0.15) is 5.60 Å². The molecule has 8 heteroatoms. The number of carbonyl (C=O) groups is 3. The molecule has 32 heavy (non-hydrogen) atoms. The molecule has 8 nitrogen and oxygen atoms in total. The Bertz CT molecular complexity index is 712. The number of ether oxygens (including phenoxy) is 3. The van der Waals surface area contributed by atoms with Crippen LogP contribution in [-0.4, -0.2) is 43.3 Å². The van der Waals surface area contributed by atoms with Crippen molar-refractivity contribution in [1.82, 2.24) is 5.32 Å². The molecule has 3 N–H and O–H groups in total. The topological polar surface area (TPSA) is 117 Å². The first-order valence-electron chi connectivity index (χ1n) is 11.1. The summed E-state index contributed by atoms with van der Waals surface area (Å²) in [5, 5.41) is 2.75. The Hall–Kier alpha value is -2.61. The second-order valence-corrected chi connectivity index (χ2v) is 8.82. The van der Waals surface area contributed by atoms with Crippen molar-refractivity contribution in [3.8, 4) is 0 Å². The number of aryl methyl sites for hydroxylation is 1. The van der Waals surface area contributed by atoms with Crippen LogP contribution in [0.5, 0.6) is 0 Å². The fourth-order valence-electron chi connectivity index (χ4n) is 2.99. The molecule has 0 saturated carbocycles. The summed E-state index contributed by atoms with van der Waals surface area (Å²) in [4.78, 5) is 34.3. The molecule has 0 bridgehead atoms. The highest BCUT2D eigenvalue weighted by atomic mass is 16.6. The molecule has 0 radical (unpaired) electrons. The third kappa shape index (κ3) is 13.6. The number of amides is 2. The molecule has 0 aliphatic heterocycles. The normalized spacial score (nSPS) is 12.1. The maximum atomic E-state index is 12.0. The maximum absolute atomic E-state index is 12.0. The van der Waals surface area contributed by atoms with Crippen molar-refractivity contribution >= 4 is 18.0 Å². The summed E-state index contributed by atoms with van der Waals surface area (Å²) >= 11 is 0. The van der Waals surface area contributed by atoms with Gasteiger partial charge in [0.15, 0.2) is 0 Å². The van der Waals surface area contributed by atoms with Gasteiger partial charge in [-0.15, -0.1) is 0 Å². The SMILES string of the molecule is COC(=O)CCCCCc1ccc(COCC(CCC(N)=O)NC(=O)OC(C)(C)C)cc1. The van der Waals surface area contributed by atoms with Crippen molar-refractivity contribution in [2.75, 3.05) is 13.7 Å². The zero-order valence-corrected chi connectivity index (χ0v) is 19.8. The van der Waals surface area contributed by atoms with E-state index in [-0.39, 0.29) is 25.0 Å². The number of hydrogen-bond acceptors (Lipinski definition) is 6. The van der Waals surface area contributed by atoms with Gasteiger partial charge in [-0.2, -0.15) is 0 Å². The van der Waals surface area contributed by atoms with Crippen molar-refractivity contribution in [2.45, 2.75) is 84.0 Å². The second kappa shape index (κ2) is 14.5. The number of rotatable bonds is 14. The van der Waals surface area contributed by atoms with Gasteiger partial charge in [0, 0.05) is 12.8 Å². The quantitative estimate of drug-likeness (QED) is 0.330. The van der Waals surface area contributed by atoms with Crippen LogP contribution in [0.3, 0.4) is 0 Å². The second-order valence-electron chi connectivity index (χ2n) is 8.82. The highest BCUT2D eigenvalue weighted by Gasteiger charge is 2.20. The highest BCUT2D eigenvalue weighted by Crippen LogP contribution is 2.12. The molecule has 1 aromatic rings. The summed E-state index contributed by atoms with van der Waals surface area (Å²) in [5.74, 6) is -0.589. The summed E-state index contributed by atoms with van der Waals surface area (Å²) in [6.07, 6.45) is 4.25. The van der Waals surface area contributed by atoms with Gasteiger partial charge in [0.2, 0.25) is 5.91 Å². The molecule has 0 aliphatic rings. The molecule has 180 valence electrons. The zero-order chi connectivity index (χ0) is 24.0. The van der Waals surface area contributed by atoms with E-state index in [1.54, 1.807) is 20.8 Å². The summed E-state index contributed by atoms with van der Waals surface area (Å²) in [6, 6.07) is 7.81. The summed E-state index contributed by atoms with van der Waals surface area (Å²) in [6.45, 7) is 5.99. The van der Waals surface area contributed by atoms with Crippen molar-refractivity contribution in [3.05, 3.63) is 35.4 Å². The van der Waals surface area contributed by atoms with Gasteiger partial charge in [-0.25, -0.2) is 4.79 Å². The van der Waals surface area contributed by atoms with Crippen molar-refractivity contribution in [3.63, 3.8) is 0 Å². The van der Waals surface area contributed by atoms with E-state index in [1.807, 2.05) is 12.1 Å². The minimum Gasteiger partial charge on any atom is -0.469 e. The number of esters is 1. The minimum atomic E-state index is -0.609. The predicted molar refractivity (Wildman–Crippen MR) is 122 cm³/mol. The molecule has 1 unspecified atom stereocenters. The van der Waals surface area contributed by atoms with Gasteiger partial charge in [0.25, 0.3) is 0 Å². The van der Waals surface area contributed by atoms with Crippen molar-refractivity contribution < 1.29 is 28.6 Å². The van der Waals surface area contributed by atoms with E-state index in [0.29, 0.717) is 19.4 Å². The standard InChI is InChI=1S/C24H38N2O6/c1-24(2,3)32-23(29)26-20(14-15-21(25)27)17-31-16-19-12-10-18(11-13-19)8-6-5-7-9-22(28)30-4/h10-13,20H,5-9,14-17H2,1-4H3,(H2,25,27)(H,26,29). The molecule has 0 aromatic heterocycles. The molecule has 0 spiro atoms. The Labute approximate surface area is 191 Å². The van der Waals surface area contributed by atoms with E-state index in [0.717, 1.165) is 31.2 Å². The van der Waals surface area contributed by atoms with E-state index in [1.165, 1.54) is 12.7 Å². The molecule has 0 aliphatic carbocycles. The minimum absolute atomic E-state index is 0.151. The van der Waals surface area contributed by atoms with Crippen LogP contribution in [0.2, 0.25) is 0 Å². The van der Waals surface area contributed by atoms with Gasteiger partial charge >= 0.3 is 12.1 Å². The van der Waals surface area contributed by atoms with Crippen LogP contribution < -0.4 is 11.1 Å². The number of primary amides is 1. The number of unbranched alkanes of at least 4 members (excludes halogenated alkanes) is 2. The molecule has 0 heterocycles. The van der Waals surface area contributed by atoms with Crippen LogP contribution >= 0.6 is 0 Å². The zero-order valence-electron chi connectivity index (χ0n) is 19.8. The molecule has 0 fully saturated rings. The third-order valence-electron chi connectivity index (χ3n) is 4.64. The van der Waals surface area contributed by atoms with Gasteiger partial charge in [-0.05, 0) is 57.6 Å². The van der Waals surface area contributed by atoms with E-state index in [2.05, 4.69) is 22.2 Å². The molecule has 1 rings (SSSR count). The van der Waals surface area contributed by atoms with Gasteiger partial charge < -0.3 is 25.3 Å². The van der Waals surface area contributed by atoms with Crippen LogP contribution in [0.15, 0.2) is 24.3 Å². The molecule has 2 amide bonds. The van der Waals surface area contributed by atoms with Crippen LogP contribution in [0.1, 0.15) is 70.4 Å². The first kappa shape index (κ1) is 27.4. The lowest BCUT2D eigenvalue weighted by molar-refractivity contribution is -0.140. The number of carbonyl (C=O) groups excluding carboxylic acids is 3. The Kier molecular flexibility index (Phi) is 12.4. The first-order valence-corrected chi connectivity index (χ1v) is 11.1. The van der Waals surface area contributed by atoms with Crippen LogP contribution in [0.25, 0.3) is 0 Å². The third-order valence-corrected chi connectivity index (χ3v) is 4.64. The van der Waals surface area contributed by atoms with E-state index in [4.69, 9.17) is 15.2 Å². The van der Waals surface area contributed by atoms with Gasteiger partial charge in [0.05, 0.1) is 26.4 Å². The summed E-state index contributed by atoms with van der Waals surface area (Å²) in [7, 11) is 1.41. The fourth-order valence-corrected chi connectivity index (χ4v) is 2.99. The summed E-state index contributed by atoms with van der Waals surface area (Å²) < 4.78 is 15.7. The number of alkyl carbamates (subject to hydrolysis) is 1. The monoisotopic (exact) mass is 450 g/mol. The Morgan fingerprint density at radius 2 is 1.66 bits per heavy atom. The molecule has 0 saturated heterocycles. The average Bonchev–Trinajstić information content (AvgIpc) is 2.71. The van der Waals surface area contributed by atoms with E-state index in [9.17, 15) is 14.4 Å². The van der Waals surface area contributed by atoms with E-state index >= 15 is 0 Å². The van der Waals surface area contributed by atoms with Crippen LogP contribution in [-0.2, 0) is 36.8 Å². The van der Waals surface area contributed by atoms with Crippen molar-refractivity contribution in [1.29, 1.82) is 0 Å². The maximum Gasteiger partial charge on any atom is 0.407 e. The Morgan fingerprint density at radius 1 is 1.00 bits per heavy atom. The molecule has 1 aromatic carbocycles. The lowest BCUT2D eigenvalue weighted by atomic mass is 10.0. The first-order chi connectivity index (χ1) is 15.1. The highest BCUT2D eigenvalue weighted by molar-refractivity contribution is 5.74. The molecular formula is C24H38N2O6. The predicted octanol–water partition coefficient (Wildman–Crippen LogP) is 3.64. The number of methoxy groups -OCH3 is 1. The van der Waals surface area contributed by atoms with Crippen molar-refractivity contribution in [2.24, 2.45) is 5.73 Å².